The lowest BCUT2D eigenvalue weighted by Crippen LogP contribution is -1.87. The van der Waals surface area contributed by atoms with Crippen LogP contribution in [0.2, 0.25) is 0 Å². The van der Waals surface area contributed by atoms with E-state index in [9.17, 15) is 0 Å². The molecular weight excluding hydrogens is 271 g/mol. The third-order valence-corrected chi connectivity index (χ3v) is 3.45. The lowest BCUT2D eigenvalue weighted by Gasteiger charge is -2.06. The molecule has 0 aliphatic heterocycles. The Morgan fingerprint density at radius 2 is 2.18 bits per heavy atom. The van der Waals surface area contributed by atoms with Crippen LogP contribution in [0.1, 0.15) is 0 Å². The molecule has 1 aromatic rings. The highest BCUT2D eigenvalue weighted by Crippen LogP contribution is 2.31. The molecule has 0 aromatic heterocycles. The molecule has 0 atom stereocenters. The molecular formula is C8H9IOS. The Balaban J connectivity index is 3.13. The van der Waals surface area contributed by atoms with Crippen molar-refractivity contribution in [1.29, 1.82) is 0 Å². The third-order valence-electron chi connectivity index (χ3n) is 1.35. The second kappa shape index (κ2) is 4.21. The maximum atomic E-state index is 5.19. The molecule has 1 nitrogen and oxygen atoms in total. The summed E-state index contributed by atoms with van der Waals surface area (Å²) in [6.45, 7) is 0. The summed E-state index contributed by atoms with van der Waals surface area (Å²) in [4.78, 5) is 1.22. The molecule has 0 unspecified atom stereocenters. The highest BCUT2D eigenvalue weighted by molar-refractivity contribution is 14.1. The van der Waals surface area contributed by atoms with E-state index in [4.69, 9.17) is 4.74 Å². The number of halogens is 1. The van der Waals surface area contributed by atoms with E-state index in [0.29, 0.717) is 0 Å². The Morgan fingerprint density at radius 3 is 2.64 bits per heavy atom. The second-order valence-electron chi connectivity index (χ2n) is 1.98. The van der Waals surface area contributed by atoms with E-state index in [1.807, 2.05) is 12.1 Å². The topological polar surface area (TPSA) is 9.23 Å². The predicted molar refractivity (Wildman–Crippen MR) is 57.5 cm³/mol. The van der Waals surface area contributed by atoms with Crippen LogP contribution < -0.4 is 4.74 Å². The fourth-order valence-electron chi connectivity index (χ4n) is 0.848. The van der Waals surface area contributed by atoms with Gasteiger partial charge in [0.1, 0.15) is 5.75 Å². The highest BCUT2D eigenvalue weighted by atomic mass is 127. The maximum absolute atomic E-state index is 5.19. The summed E-state index contributed by atoms with van der Waals surface area (Å²) < 4.78 is 6.44. The minimum Gasteiger partial charge on any atom is -0.496 e. The van der Waals surface area contributed by atoms with Crippen molar-refractivity contribution in [3.05, 3.63) is 21.8 Å². The lowest BCUT2D eigenvalue weighted by atomic mass is 10.3. The van der Waals surface area contributed by atoms with Crippen LogP contribution in [0.5, 0.6) is 5.75 Å². The van der Waals surface area contributed by atoms with Crippen LogP contribution in [-0.4, -0.2) is 13.4 Å². The fourth-order valence-corrected chi connectivity index (χ4v) is 2.60. The number of ether oxygens (including phenoxy) is 1. The zero-order valence-electron chi connectivity index (χ0n) is 6.43. The average Bonchev–Trinajstić information content (AvgIpc) is 2.04. The monoisotopic (exact) mass is 280 g/mol. The summed E-state index contributed by atoms with van der Waals surface area (Å²) >= 11 is 4.02. The van der Waals surface area contributed by atoms with Gasteiger partial charge in [0.05, 0.1) is 12.0 Å². The van der Waals surface area contributed by atoms with E-state index in [1.54, 1.807) is 18.9 Å². The molecule has 0 bridgehead atoms. The SMILES string of the molecule is COc1cccc(I)c1SC. The van der Waals surface area contributed by atoms with Gasteiger partial charge >= 0.3 is 0 Å². The quantitative estimate of drug-likeness (QED) is 0.608. The van der Waals surface area contributed by atoms with Crippen molar-refractivity contribution < 1.29 is 4.74 Å². The molecule has 0 saturated heterocycles. The Bertz CT molecular complexity index is 250. The molecule has 0 aliphatic carbocycles. The zero-order valence-corrected chi connectivity index (χ0v) is 9.40. The van der Waals surface area contributed by atoms with Gasteiger partial charge in [-0.25, -0.2) is 0 Å². The molecule has 11 heavy (non-hydrogen) atoms. The van der Waals surface area contributed by atoms with E-state index in [-0.39, 0.29) is 0 Å². The number of rotatable bonds is 2. The number of thioether (sulfide) groups is 1. The van der Waals surface area contributed by atoms with Gasteiger partial charge in [-0.1, -0.05) is 6.07 Å². The molecule has 0 N–H and O–H groups in total. The first kappa shape index (κ1) is 9.19. The van der Waals surface area contributed by atoms with Gasteiger partial charge in [0.15, 0.2) is 0 Å². The molecule has 1 aromatic carbocycles. The molecule has 1 rings (SSSR count). The molecule has 0 aliphatic rings. The minimum atomic E-state index is 0.962. The molecule has 0 radical (unpaired) electrons. The van der Waals surface area contributed by atoms with E-state index in [0.717, 1.165) is 5.75 Å². The van der Waals surface area contributed by atoms with Crippen molar-refractivity contribution in [3.8, 4) is 5.75 Å². The van der Waals surface area contributed by atoms with Crippen molar-refractivity contribution in [3.63, 3.8) is 0 Å². The maximum Gasteiger partial charge on any atom is 0.133 e. The van der Waals surface area contributed by atoms with E-state index in [2.05, 4.69) is 34.9 Å². The first-order valence-electron chi connectivity index (χ1n) is 3.16. The highest BCUT2D eigenvalue weighted by Gasteiger charge is 2.03. The first-order chi connectivity index (χ1) is 5.29. The molecule has 0 fully saturated rings. The van der Waals surface area contributed by atoms with Crippen molar-refractivity contribution in [1.82, 2.24) is 0 Å². The molecule has 60 valence electrons. The number of methoxy groups -OCH3 is 1. The molecule has 0 heterocycles. The second-order valence-corrected chi connectivity index (χ2v) is 3.95. The van der Waals surface area contributed by atoms with Gasteiger partial charge in [-0.3, -0.25) is 0 Å². The summed E-state index contributed by atoms with van der Waals surface area (Å²) in [6.07, 6.45) is 2.06. The van der Waals surface area contributed by atoms with Crippen LogP contribution in [0.4, 0.5) is 0 Å². The standard InChI is InChI=1S/C8H9IOS/c1-10-7-5-3-4-6(9)8(7)11-2/h3-5H,1-2H3. The zero-order chi connectivity index (χ0) is 8.27. The Labute approximate surface area is 84.7 Å². The van der Waals surface area contributed by atoms with Gasteiger partial charge in [0.25, 0.3) is 0 Å². The fraction of sp³-hybridized carbons (Fsp3) is 0.250. The van der Waals surface area contributed by atoms with Crippen LogP contribution in [0.15, 0.2) is 23.1 Å². The first-order valence-corrected chi connectivity index (χ1v) is 5.46. The van der Waals surface area contributed by atoms with Gasteiger partial charge in [0, 0.05) is 3.57 Å². The van der Waals surface area contributed by atoms with Crippen LogP contribution >= 0.6 is 34.4 Å². The van der Waals surface area contributed by atoms with Crippen molar-refractivity contribution in [2.24, 2.45) is 0 Å². The van der Waals surface area contributed by atoms with Gasteiger partial charge in [-0.2, -0.15) is 0 Å². The summed E-state index contributed by atoms with van der Waals surface area (Å²) in [7, 11) is 1.70. The van der Waals surface area contributed by atoms with Crippen LogP contribution in [0.3, 0.4) is 0 Å². The number of hydrogen-bond acceptors (Lipinski definition) is 2. The normalized spacial score (nSPS) is 9.73. The number of hydrogen-bond donors (Lipinski definition) is 0. The van der Waals surface area contributed by atoms with Gasteiger partial charge in [-0.05, 0) is 41.0 Å². The average molecular weight is 280 g/mol. The lowest BCUT2D eigenvalue weighted by molar-refractivity contribution is 0.404. The van der Waals surface area contributed by atoms with Crippen LogP contribution in [0.25, 0.3) is 0 Å². The smallest absolute Gasteiger partial charge is 0.133 e. The van der Waals surface area contributed by atoms with Crippen molar-refractivity contribution in [2.45, 2.75) is 4.90 Å². The summed E-state index contributed by atoms with van der Waals surface area (Å²) in [5.74, 6) is 0.962. The molecule has 0 amide bonds. The molecule has 0 saturated carbocycles. The van der Waals surface area contributed by atoms with E-state index < -0.39 is 0 Å². The summed E-state index contributed by atoms with van der Waals surface area (Å²) in [5.41, 5.74) is 0. The largest absolute Gasteiger partial charge is 0.496 e. The van der Waals surface area contributed by atoms with E-state index >= 15 is 0 Å². The van der Waals surface area contributed by atoms with Gasteiger partial charge in [0.2, 0.25) is 0 Å². The number of benzene rings is 1. The Morgan fingerprint density at radius 1 is 1.45 bits per heavy atom. The Hall–Kier alpha value is 0.1000. The van der Waals surface area contributed by atoms with Gasteiger partial charge < -0.3 is 4.74 Å². The predicted octanol–water partition coefficient (Wildman–Crippen LogP) is 3.02. The van der Waals surface area contributed by atoms with Gasteiger partial charge in [-0.15, -0.1) is 11.8 Å². The Kier molecular flexibility index (Phi) is 3.51. The van der Waals surface area contributed by atoms with Crippen molar-refractivity contribution >= 4 is 34.4 Å². The van der Waals surface area contributed by atoms with E-state index in [1.165, 1.54) is 8.47 Å². The summed E-state index contributed by atoms with van der Waals surface area (Å²) in [6, 6.07) is 6.06. The molecule has 3 heteroatoms. The van der Waals surface area contributed by atoms with Crippen LogP contribution in [0, 0.1) is 3.57 Å². The van der Waals surface area contributed by atoms with Crippen LogP contribution in [-0.2, 0) is 0 Å². The summed E-state index contributed by atoms with van der Waals surface area (Å²) in [5, 5.41) is 0. The third kappa shape index (κ3) is 2.02. The van der Waals surface area contributed by atoms with Crippen molar-refractivity contribution in [2.75, 3.05) is 13.4 Å². The minimum absolute atomic E-state index is 0.962. The molecule has 0 spiro atoms.